The first-order valence-corrected chi connectivity index (χ1v) is 9.11. The van der Waals surface area contributed by atoms with Crippen LogP contribution < -0.4 is 10.1 Å². The third kappa shape index (κ3) is 4.89. The lowest BCUT2D eigenvalue weighted by atomic mass is 10.3. The van der Waals surface area contributed by atoms with E-state index in [0.717, 1.165) is 13.1 Å². The van der Waals surface area contributed by atoms with Crippen LogP contribution in [-0.4, -0.2) is 82.3 Å². The minimum absolute atomic E-state index is 0.158. The van der Waals surface area contributed by atoms with E-state index >= 15 is 0 Å². The van der Waals surface area contributed by atoms with Crippen LogP contribution in [-0.2, 0) is 10.0 Å². The molecule has 0 aliphatic carbocycles. The van der Waals surface area contributed by atoms with Gasteiger partial charge in [-0.15, -0.1) is 0 Å². The Labute approximate surface area is 137 Å². The summed E-state index contributed by atoms with van der Waals surface area (Å²) in [5.41, 5.74) is 0. The monoisotopic (exact) mass is 343 g/mol. The van der Waals surface area contributed by atoms with E-state index in [9.17, 15) is 13.5 Å². The average Bonchev–Trinajstić information content (AvgIpc) is 2.54. The predicted molar refractivity (Wildman–Crippen MR) is 88.1 cm³/mol. The maximum Gasteiger partial charge on any atom is 0.243 e. The molecule has 0 amide bonds. The van der Waals surface area contributed by atoms with Crippen molar-refractivity contribution in [2.75, 3.05) is 53.4 Å². The van der Waals surface area contributed by atoms with Crippen LogP contribution in [0.2, 0.25) is 0 Å². The maximum absolute atomic E-state index is 12.6. The maximum atomic E-state index is 12.6. The standard InChI is InChI=1S/C15H25N3O4S/c1-16-11-13(19)12-22-14-3-5-15(6-4-14)23(20,21)18-9-7-17(2)8-10-18/h3-6,13,16,19H,7-12H2,1-2H3. The van der Waals surface area contributed by atoms with Crippen LogP contribution in [0.4, 0.5) is 0 Å². The molecule has 23 heavy (non-hydrogen) atoms. The quantitative estimate of drug-likeness (QED) is 0.700. The van der Waals surface area contributed by atoms with Crippen LogP contribution in [0.3, 0.4) is 0 Å². The van der Waals surface area contributed by atoms with Gasteiger partial charge in [0, 0.05) is 32.7 Å². The van der Waals surface area contributed by atoms with Gasteiger partial charge in [0.25, 0.3) is 0 Å². The lowest BCUT2D eigenvalue weighted by Gasteiger charge is -2.31. The predicted octanol–water partition coefficient (Wildman–Crippen LogP) is -0.418. The molecule has 130 valence electrons. The highest BCUT2D eigenvalue weighted by atomic mass is 32.2. The Morgan fingerprint density at radius 3 is 2.39 bits per heavy atom. The second-order valence-electron chi connectivity index (χ2n) is 5.70. The number of nitrogens with one attached hydrogen (secondary N) is 1. The first-order valence-electron chi connectivity index (χ1n) is 7.67. The zero-order valence-corrected chi connectivity index (χ0v) is 14.4. The van der Waals surface area contributed by atoms with Gasteiger partial charge in [0.2, 0.25) is 10.0 Å². The topological polar surface area (TPSA) is 82.1 Å². The van der Waals surface area contributed by atoms with Gasteiger partial charge in [-0.1, -0.05) is 0 Å². The van der Waals surface area contributed by atoms with Gasteiger partial charge < -0.3 is 20.1 Å². The molecule has 1 aliphatic heterocycles. The van der Waals surface area contributed by atoms with Crippen LogP contribution in [0.1, 0.15) is 0 Å². The number of likely N-dealkylation sites (N-methyl/N-ethyl adjacent to an activating group) is 2. The molecule has 8 heteroatoms. The number of benzene rings is 1. The van der Waals surface area contributed by atoms with Gasteiger partial charge in [-0.2, -0.15) is 4.31 Å². The number of hydrogen-bond acceptors (Lipinski definition) is 6. The molecule has 0 aromatic heterocycles. The van der Waals surface area contributed by atoms with Crippen molar-refractivity contribution < 1.29 is 18.3 Å². The zero-order valence-electron chi connectivity index (χ0n) is 13.6. The number of ether oxygens (including phenoxy) is 1. The molecular formula is C15H25N3O4S. The molecule has 7 nitrogen and oxygen atoms in total. The highest BCUT2D eigenvalue weighted by Crippen LogP contribution is 2.20. The van der Waals surface area contributed by atoms with Crippen LogP contribution in [0, 0.1) is 0 Å². The molecule has 2 N–H and O–H groups in total. The minimum atomic E-state index is -3.45. The number of rotatable bonds is 7. The Morgan fingerprint density at radius 1 is 1.22 bits per heavy atom. The van der Waals surface area contributed by atoms with Gasteiger partial charge in [0.05, 0.1) is 4.90 Å². The molecule has 1 aliphatic rings. The van der Waals surface area contributed by atoms with E-state index in [2.05, 4.69) is 10.2 Å². The Bertz CT molecular complexity index is 583. The molecule has 0 saturated carbocycles. The van der Waals surface area contributed by atoms with E-state index in [0.29, 0.717) is 25.4 Å². The Hall–Kier alpha value is -1.19. The lowest BCUT2D eigenvalue weighted by molar-refractivity contribution is 0.108. The van der Waals surface area contributed by atoms with Crippen molar-refractivity contribution in [3.05, 3.63) is 24.3 Å². The second-order valence-corrected chi connectivity index (χ2v) is 7.64. The molecule has 1 unspecified atom stereocenters. The van der Waals surface area contributed by atoms with E-state index in [-0.39, 0.29) is 11.5 Å². The molecule has 1 aromatic rings. The third-order valence-corrected chi connectivity index (χ3v) is 5.72. The van der Waals surface area contributed by atoms with Crippen molar-refractivity contribution in [1.82, 2.24) is 14.5 Å². The summed E-state index contributed by atoms with van der Waals surface area (Å²) < 4.78 is 32.1. The van der Waals surface area contributed by atoms with Crippen molar-refractivity contribution in [2.24, 2.45) is 0 Å². The van der Waals surface area contributed by atoms with Crippen molar-refractivity contribution >= 4 is 10.0 Å². The average molecular weight is 343 g/mol. The largest absolute Gasteiger partial charge is 0.491 e. The Kier molecular flexibility index (Phi) is 6.37. The summed E-state index contributed by atoms with van der Waals surface area (Å²) in [4.78, 5) is 2.38. The number of aliphatic hydroxyl groups excluding tert-OH is 1. The SMILES string of the molecule is CNCC(O)COc1ccc(S(=O)(=O)N2CCN(C)CC2)cc1. The zero-order chi connectivity index (χ0) is 16.9. The van der Waals surface area contributed by atoms with Gasteiger partial charge in [0.15, 0.2) is 0 Å². The Balaban J connectivity index is 1.98. The molecule has 1 atom stereocenters. The van der Waals surface area contributed by atoms with Gasteiger partial charge in [-0.05, 0) is 38.4 Å². The summed E-state index contributed by atoms with van der Waals surface area (Å²) in [6, 6.07) is 6.34. The number of aliphatic hydroxyl groups is 1. The van der Waals surface area contributed by atoms with Crippen molar-refractivity contribution in [3.63, 3.8) is 0 Å². The van der Waals surface area contributed by atoms with Crippen LogP contribution in [0.25, 0.3) is 0 Å². The normalized spacial score (nSPS) is 18.7. The van der Waals surface area contributed by atoms with Crippen molar-refractivity contribution in [1.29, 1.82) is 0 Å². The Morgan fingerprint density at radius 2 is 1.83 bits per heavy atom. The lowest BCUT2D eigenvalue weighted by Crippen LogP contribution is -2.46. The van der Waals surface area contributed by atoms with E-state index in [1.807, 2.05) is 7.05 Å². The summed E-state index contributed by atoms with van der Waals surface area (Å²) in [6.45, 7) is 3.09. The molecule has 0 bridgehead atoms. The van der Waals surface area contributed by atoms with Crippen molar-refractivity contribution in [3.8, 4) is 5.75 Å². The molecule has 1 heterocycles. The summed E-state index contributed by atoms with van der Waals surface area (Å²) in [6.07, 6.45) is -0.603. The van der Waals surface area contributed by atoms with E-state index in [4.69, 9.17) is 4.74 Å². The highest BCUT2D eigenvalue weighted by molar-refractivity contribution is 7.89. The molecule has 2 rings (SSSR count). The molecular weight excluding hydrogens is 318 g/mol. The fourth-order valence-corrected chi connectivity index (χ4v) is 3.79. The summed E-state index contributed by atoms with van der Waals surface area (Å²) in [5.74, 6) is 0.539. The smallest absolute Gasteiger partial charge is 0.243 e. The number of nitrogens with zero attached hydrogens (tertiary/aromatic N) is 2. The van der Waals surface area contributed by atoms with Gasteiger partial charge in [-0.3, -0.25) is 0 Å². The van der Waals surface area contributed by atoms with Crippen LogP contribution in [0.15, 0.2) is 29.2 Å². The van der Waals surface area contributed by atoms with Gasteiger partial charge in [-0.25, -0.2) is 8.42 Å². The summed E-state index contributed by atoms with van der Waals surface area (Å²) in [5, 5.41) is 12.4. The molecule has 0 spiro atoms. The van der Waals surface area contributed by atoms with Gasteiger partial charge >= 0.3 is 0 Å². The van der Waals surface area contributed by atoms with Crippen molar-refractivity contribution in [2.45, 2.75) is 11.0 Å². The van der Waals surface area contributed by atoms with E-state index in [1.54, 1.807) is 31.3 Å². The van der Waals surface area contributed by atoms with Crippen LogP contribution >= 0.6 is 0 Å². The fourth-order valence-electron chi connectivity index (χ4n) is 2.37. The van der Waals surface area contributed by atoms with E-state index < -0.39 is 16.1 Å². The van der Waals surface area contributed by atoms with Crippen LogP contribution in [0.5, 0.6) is 5.75 Å². The summed E-state index contributed by atoms with van der Waals surface area (Å²) >= 11 is 0. The van der Waals surface area contributed by atoms with E-state index in [1.165, 1.54) is 4.31 Å². The fraction of sp³-hybridized carbons (Fsp3) is 0.600. The number of hydrogen-bond donors (Lipinski definition) is 2. The third-order valence-electron chi connectivity index (χ3n) is 3.81. The molecule has 0 radical (unpaired) electrons. The second kappa shape index (κ2) is 8.07. The molecule has 1 fully saturated rings. The molecule has 1 saturated heterocycles. The van der Waals surface area contributed by atoms with Gasteiger partial charge in [0.1, 0.15) is 18.5 Å². The first-order chi connectivity index (χ1) is 10.9. The highest BCUT2D eigenvalue weighted by Gasteiger charge is 2.27. The first kappa shape index (κ1) is 18.2. The minimum Gasteiger partial charge on any atom is -0.491 e. The summed E-state index contributed by atoms with van der Waals surface area (Å²) in [7, 11) is 0.286. The molecule has 1 aromatic carbocycles. The number of sulfonamides is 1. The number of piperazine rings is 1.